The minimum absolute atomic E-state index is 1.06. The zero-order valence-corrected chi connectivity index (χ0v) is 12.7. The minimum atomic E-state index is 1.06. The Kier molecular flexibility index (Phi) is 3.16. The summed E-state index contributed by atoms with van der Waals surface area (Å²) in [6.07, 6.45) is 3.41. The second-order valence-electron chi connectivity index (χ2n) is 5.95. The van der Waals surface area contributed by atoms with E-state index < -0.39 is 0 Å². The molecule has 3 aromatic carbocycles. The Morgan fingerprint density at radius 3 is 1.82 bits per heavy atom. The molecule has 0 fully saturated rings. The summed E-state index contributed by atoms with van der Waals surface area (Å²) in [6, 6.07) is 25.9. The predicted octanol–water partition coefficient (Wildman–Crippen LogP) is 5.98. The van der Waals surface area contributed by atoms with E-state index in [-0.39, 0.29) is 0 Å². The van der Waals surface area contributed by atoms with Crippen LogP contribution in [0.1, 0.15) is 18.1 Å². The SMILES string of the molecule is CC1=Cc2c(-c3ccccc3)ccc(-c3ccccc3)c2C1. The fourth-order valence-electron chi connectivity index (χ4n) is 3.35. The van der Waals surface area contributed by atoms with Crippen molar-refractivity contribution in [2.45, 2.75) is 13.3 Å². The van der Waals surface area contributed by atoms with Gasteiger partial charge in [-0.25, -0.2) is 0 Å². The van der Waals surface area contributed by atoms with E-state index in [1.54, 1.807) is 0 Å². The van der Waals surface area contributed by atoms with Crippen LogP contribution in [0, 0.1) is 0 Å². The van der Waals surface area contributed by atoms with Gasteiger partial charge in [-0.15, -0.1) is 0 Å². The van der Waals surface area contributed by atoms with Crippen LogP contribution in [0.2, 0.25) is 0 Å². The normalized spacial score (nSPS) is 12.9. The number of fused-ring (bicyclic) bond motifs is 1. The smallest absolute Gasteiger partial charge is 0.00542 e. The molecule has 0 atom stereocenters. The second kappa shape index (κ2) is 5.31. The Morgan fingerprint density at radius 1 is 0.636 bits per heavy atom. The van der Waals surface area contributed by atoms with Gasteiger partial charge in [0.05, 0.1) is 0 Å². The van der Waals surface area contributed by atoms with Crippen molar-refractivity contribution in [3.8, 4) is 22.3 Å². The second-order valence-corrected chi connectivity index (χ2v) is 5.95. The summed E-state index contributed by atoms with van der Waals surface area (Å²) in [7, 11) is 0. The number of hydrogen-bond donors (Lipinski definition) is 0. The van der Waals surface area contributed by atoms with Gasteiger partial charge in [0, 0.05) is 0 Å². The fraction of sp³-hybridized carbons (Fsp3) is 0.0909. The van der Waals surface area contributed by atoms with Gasteiger partial charge in [0.1, 0.15) is 0 Å². The monoisotopic (exact) mass is 282 g/mol. The van der Waals surface area contributed by atoms with Gasteiger partial charge in [-0.05, 0) is 46.7 Å². The Hall–Kier alpha value is -2.60. The maximum Gasteiger partial charge on any atom is -0.00542 e. The van der Waals surface area contributed by atoms with E-state index in [0.717, 1.165) is 6.42 Å². The summed E-state index contributed by atoms with van der Waals surface area (Å²) in [6.45, 7) is 2.23. The Bertz CT molecular complexity index is 840. The van der Waals surface area contributed by atoms with E-state index in [2.05, 4.69) is 85.8 Å². The molecule has 0 amide bonds. The Balaban J connectivity index is 1.93. The van der Waals surface area contributed by atoms with Crippen molar-refractivity contribution in [3.05, 3.63) is 89.5 Å². The molecule has 0 unspecified atom stereocenters. The number of rotatable bonds is 2. The molecule has 0 nitrogen and oxygen atoms in total. The maximum absolute atomic E-state index is 2.35. The van der Waals surface area contributed by atoms with Crippen molar-refractivity contribution >= 4 is 6.08 Å². The van der Waals surface area contributed by atoms with Crippen LogP contribution in [0.3, 0.4) is 0 Å². The summed E-state index contributed by atoms with van der Waals surface area (Å²) in [4.78, 5) is 0. The van der Waals surface area contributed by atoms with Gasteiger partial charge in [0.2, 0.25) is 0 Å². The highest BCUT2D eigenvalue weighted by Crippen LogP contribution is 2.39. The average molecular weight is 282 g/mol. The molecule has 0 aliphatic heterocycles. The van der Waals surface area contributed by atoms with Gasteiger partial charge in [-0.1, -0.05) is 84.4 Å². The van der Waals surface area contributed by atoms with Crippen LogP contribution in [0.4, 0.5) is 0 Å². The van der Waals surface area contributed by atoms with Crippen LogP contribution in [0.5, 0.6) is 0 Å². The average Bonchev–Trinajstić information content (AvgIpc) is 2.97. The third-order valence-electron chi connectivity index (χ3n) is 4.37. The fourth-order valence-corrected chi connectivity index (χ4v) is 3.35. The summed E-state index contributed by atoms with van der Waals surface area (Å²) < 4.78 is 0. The van der Waals surface area contributed by atoms with E-state index in [0.29, 0.717) is 0 Å². The molecule has 1 aliphatic rings. The van der Waals surface area contributed by atoms with Gasteiger partial charge < -0.3 is 0 Å². The van der Waals surface area contributed by atoms with Crippen molar-refractivity contribution in [3.63, 3.8) is 0 Å². The lowest BCUT2D eigenvalue weighted by Crippen LogP contribution is -1.92. The van der Waals surface area contributed by atoms with Gasteiger partial charge in [-0.2, -0.15) is 0 Å². The Labute approximate surface area is 131 Å². The van der Waals surface area contributed by atoms with E-state index in [9.17, 15) is 0 Å². The molecule has 0 radical (unpaired) electrons. The van der Waals surface area contributed by atoms with E-state index in [1.165, 1.54) is 39.0 Å². The first-order chi connectivity index (χ1) is 10.8. The molecule has 0 N–H and O–H groups in total. The van der Waals surface area contributed by atoms with Gasteiger partial charge in [-0.3, -0.25) is 0 Å². The molecule has 0 saturated carbocycles. The minimum Gasteiger partial charge on any atom is -0.0683 e. The summed E-state index contributed by atoms with van der Waals surface area (Å²) >= 11 is 0. The third-order valence-corrected chi connectivity index (χ3v) is 4.37. The molecule has 0 spiro atoms. The quantitative estimate of drug-likeness (QED) is 0.542. The van der Waals surface area contributed by atoms with Crippen molar-refractivity contribution in [1.82, 2.24) is 0 Å². The Morgan fingerprint density at radius 2 is 1.18 bits per heavy atom. The van der Waals surface area contributed by atoms with Crippen molar-refractivity contribution in [2.24, 2.45) is 0 Å². The molecule has 0 saturated heterocycles. The third kappa shape index (κ3) is 2.17. The highest BCUT2D eigenvalue weighted by molar-refractivity contribution is 5.86. The van der Waals surface area contributed by atoms with E-state index in [1.807, 2.05) is 0 Å². The highest BCUT2D eigenvalue weighted by Gasteiger charge is 2.18. The van der Waals surface area contributed by atoms with Gasteiger partial charge >= 0.3 is 0 Å². The topological polar surface area (TPSA) is 0 Å². The van der Waals surface area contributed by atoms with Crippen LogP contribution < -0.4 is 0 Å². The first-order valence-electron chi connectivity index (χ1n) is 7.77. The molecular weight excluding hydrogens is 264 g/mol. The number of hydrogen-bond acceptors (Lipinski definition) is 0. The lowest BCUT2D eigenvalue weighted by atomic mass is 9.90. The summed E-state index contributed by atoms with van der Waals surface area (Å²) in [5.41, 5.74) is 9.60. The number of benzene rings is 3. The predicted molar refractivity (Wildman–Crippen MR) is 94.7 cm³/mol. The maximum atomic E-state index is 2.35. The lowest BCUT2D eigenvalue weighted by Gasteiger charge is -2.13. The molecule has 3 aromatic rings. The molecular formula is C22H18. The van der Waals surface area contributed by atoms with Crippen LogP contribution in [0.15, 0.2) is 78.4 Å². The largest absolute Gasteiger partial charge is 0.0683 e. The molecule has 0 aromatic heterocycles. The van der Waals surface area contributed by atoms with Crippen LogP contribution >= 0.6 is 0 Å². The lowest BCUT2D eigenvalue weighted by molar-refractivity contribution is 1.20. The zero-order chi connectivity index (χ0) is 14.9. The molecule has 0 heteroatoms. The van der Waals surface area contributed by atoms with Crippen molar-refractivity contribution in [1.29, 1.82) is 0 Å². The summed E-state index contributed by atoms with van der Waals surface area (Å²) in [5.74, 6) is 0. The van der Waals surface area contributed by atoms with E-state index in [4.69, 9.17) is 0 Å². The molecule has 22 heavy (non-hydrogen) atoms. The van der Waals surface area contributed by atoms with Crippen molar-refractivity contribution in [2.75, 3.05) is 0 Å². The molecule has 0 heterocycles. The van der Waals surface area contributed by atoms with Crippen molar-refractivity contribution < 1.29 is 0 Å². The van der Waals surface area contributed by atoms with Crippen LogP contribution in [0.25, 0.3) is 28.3 Å². The summed E-state index contributed by atoms with van der Waals surface area (Å²) in [5, 5.41) is 0. The van der Waals surface area contributed by atoms with Crippen LogP contribution in [-0.2, 0) is 6.42 Å². The van der Waals surface area contributed by atoms with Gasteiger partial charge in [0.15, 0.2) is 0 Å². The van der Waals surface area contributed by atoms with Gasteiger partial charge in [0.25, 0.3) is 0 Å². The standard InChI is InChI=1S/C22H18/c1-16-14-21-19(17-8-4-2-5-9-17)12-13-20(22(21)15-16)18-10-6-3-7-11-18/h2-14H,15H2,1H3. The first kappa shape index (κ1) is 13.1. The van der Waals surface area contributed by atoms with Crippen LogP contribution in [-0.4, -0.2) is 0 Å². The molecule has 106 valence electrons. The first-order valence-corrected chi connectivity index (χ1v) is 7.77. The molecule has 0 bridgehead atoms. The molecule has 4 rings (SSSR count). The molecule has 1 aliphatic carbocycles. The number of allylic oxidation sites excluding steroid dienone is 1. The zero-order valence-electron chi connectivity index (χ0n) is 12.7. The highest BCUT2D eigenvalue weighted by atomic mass is 14.2. The van der Waals surface area contributed by atoms with E-state index >= 15 is 0 Å².